The molecule has 0 aliphatic carbocycles. The molecule has 0 bridgehead atoms. The minimum atomic E-state index is 0.175. The summed E-state index contributed by atoms with van der Waals surface area (Å²) in [5.74, 6) is 0.175. The molecule has 2 aromatic rings. The highest BCUT2D eigenvalue weighted by molar-refractivity contribution is 7.14. The molecule has 1 saturated heterocycles. The van der Waals surface area contributed by atoms with Crippen LogP contribution < -0.4 is 0 Å². The highest BCUT2D eigenvalue weighted by Gasteiger charge is 2.31. The van der Waals surface area contributed by atoms with Gasteiger partial charge in [-0.3, -0.25) is 9.48 Å². The summed E-state index contributed by atoms with van der Waals surface area (Å²) >= 11 is 1.65. The quantitative estimate of drug-likeness (QED) is 0.873. The van der Waals surface area contributed by atoms with Gasteiger partial charge in [-0.2, -0.15) is 5.10 Å². The molecule has 2 aromatic heterocycles. The number of carbonyl (C=O) groups is 1. The lowest BCUT2D eigenvalue weighted by Gasteiger charge is -2.24. The standard InChI is InChI=1S/C16H19N3O2S/c20-16(15-9-12-11-21-8-4-14(12)22-15)19-7-1-3-13(19)10-18-6-2-5-17-18/h2,5-6,9,13H,1,3-4,7-8,10-11H2/t13-/m0/s1. The number of thiophene rings is 1. The third kappa shape index (κ3) is 2.57. The fourth-order valence-corrected chi connectivity index (χ4v) is 4.42. The smallest absolute Gasteiger partial charge is 0.264 e. The van der Waals surface area contributed by atoms with E-state index in [1.165, 1.54) is 10.4 Å². The van der Waals surface area contributed by atoms with Gasteiger partial charge in [-0.1, -0.05) is 0 Å². The van der Waals surface area contributed by atoms with Crippen molar-refractivity contribution >= 4 is 17.2 Å². The van der Waals surface area contributed by atoms with Crippen LogP contribution in [0.2, 0.25) is 0 Å². The van der Waals surface area contributed by atoms with Gasteiger partial charge in [-0.25, -0.2) is 0 Å². The number of ether oxygens (including phenoxy) is 1. The van der Waals surface area contributed by atoms with Crippen molar-refractivity contribution in [1.82, 2.24) is 14.7 Å². The molecule has 0 aromatic carbocycles. The number of likely N-dealkylation sites (tertiary alicyclic amines) is 1. The van der Waals surface area contributed by atoms with E-state index in [0.29, 0.717) is 6.61 Å². The van der Waals surface area contributed by atoms with Crippen LogP contribution in [0.1, 0.15) is 33.0 Å². The largest absolute Gasteiger partial charge is 0.376 e. The molecule has 1 atom stereocenters. The topological polar surface area (TPSA) is 47.4 Å². The van der Waals surface area contributed by atoms with E-state index in [4.69, 9.17) is 4.74 Å². The molecule has 5 nitrogen and oxygen atoms in total. The van der Waals surface area contributed by atoms with Crippen molar-refractivity contribution in [2.75, 3.05) is 13.2 Å². The van der Waals surface area contributed by atoms with Gasteiger partial charge in [0.1, 0.15) is 0 Å². The van der Waals surface area contributed by atoms with Gasteiger partial charge in [0.15, 0.2) is 0 Å². The Morgan fingerprint density at radius 2 is 2.45 bits per heavy atom. The Hall–Kier alpha value is -1.66. The number of amides is 1. The first-order valence-electron chi connectivity index (χ1n) is 7.79. The van der Waals surface area contributed by atoms with Gasteiger partial charge >= 0.3 is 0 Å². The molecule has 0 spiro atoms. The average Bonchev–Trinajstić information content (AvgIpc) is 3.27. The SMILES string of the molecule is O=C(c1cc2c(s1)CCOC2)N1CCC[C@H]1Cn1cccn1. The molecule has 4 heterocycles. The number of aromatic nitrogens is 2. The first-order valence-corrected chi connectivity index (χ1v) is 8.60. The van der Waals surface area contributed by atoms with E-state index in [1.54, 1.807) is 17.5 Å². The molecule has 0 saturated carbocycles. The van der Waals surface area contributed by atoms with Gasteiger partial charge in [-0.15, -0.1) is 11.3 Å². The molecule has 116 valence electrons. The van der Waals surface area contributed by atoms with Gasteiger partial charge in [0.05, 0.1) is 30.7 Å². The second kappa shape index (κ2) is 5.85. The predicted octanol–water partition coefficient (Wildman–Crippen LogP) is 2.32. The highest BCUT2D eigenvalue weighted by atomic mass is 32.1. The number of hydrogen-bond donors (Lipinski definition) is 0. The van der Waals surface area contributed by atoms with Crippen LogP contribution in [0, 0.1) is 0 Å². The molecule has 4 rings (SSSR count). The van der Waals surface area contributed by atoms with E-state index < -0.39 is 0 Å². The van der Waals surface area contributed by atoms with Crippen LogP contribution in [-0.4, -0.2) is 39.8 Å². The fourth-order valence-electron chi connectivity index (χ4n) is 3.31. The summed E-state index contributed by atoms with van der Waals surface area (Å²) in [7, 11) is 0. The second-order valence-corrected chi connectivity index (χ2v) is 7.02. The van der Waals surface area contributed by atoms with Crippen molar-refractivity contribution in [3.05, 3.63) is 39.8 Å². The zero-order chi connectivity index (χ0) is 14.9. The lowest BCUT2D eigenvalue weighted by Crippen LogP contribution is -2.37. The Morgan fingerprint density at radius 1 is 1.50 bits per heavy atom. The third-order valence-corrected chi connectivity index (χ3v) is 5.66. The van der Waals surface area contributed by atoms with Gasteiger partial charge < -0.3 is 9.64 Å². The van der Waals surface area contributed by atoms with Crippen LogP contribution in [0.25, 0.3) is 0 Å². The molecule has 22 heavy (non-hydrogen) atoms. The Labute approximate surface area is 133 Å². The molecule has 0 radical (unpaired) electrons. The van der Waals surface area contributed by atoms with Gasteiger partial charge in [0.2, 0.25) is 0 Å². The summed E-state index contributed by atoms with van der Waals surface area (Å²) in [6.07, 6.45) is 6.81. The van der Waals surface area contributed by atoms with Crippen molar-refractivity contribution in [1.29, 1.82) is 0 Å². The van der Waals surface area contributed by atoms with Crippen LogP contribution in [0.5, 0.6) is 0 Å². The summed E-state index contributed by atoms with van der Waals surface area (Å²) < 4.78 is 7.40. The Balaban J connectivity index is 1.52. The van der Waals surface area contributed by atoms with Crippen LogP contribution in [0.3, 0.4) is 0 Å². The molecular formula is C16H19N3O2S. The minimum absolute atomic E-state index is 0.175. The van der Waals surface area contributed by atoms with Crippen molar-refractivity contribution in [2.45, 2.75) is 38.5 Å². The monoisotopic (exact) mass is 317 g/mol. The van der Waals surface area contributed by atoms with E-state index in [9.17, 15) is 4.79 Å². The number of nitrogens with zero attached hydrogens (tertiary/aromatic N) is 3. The van der Waals surface area contributed by atoms with E-state index in [1.807, 2.05) is 27.9 Å². The van der Waals surface area contributed by atoms with Crippen LogP contribution in [-0.2, 0) is 24.3 Å². The molecule has 0 N–H and O–H groups in total. The van der Waals surface area contributed by atoms with E-state index >= 15 is 0 Å². The average molecular weight is 317 g/mol. The maximum absolute atomic E-state index is 12.9. The predicted molar refractivity (Wildman–Crippen MR) is 84.0 cm³/mol. The molecule has 0 unspecified atom stereocenters. The molecule has 1 amide bonds. The molecule has 6 heteroatoms. The molecular weight excluding hydrogens is 298 g/mol. The minimum Gasteiger partial charge on any atom is -0.376 e. The van der Waals surface area contributed by atoms with Gasteiger partial charge in [-0.05, 0) is 30.5 Å². The summed E-state index contributed by atoms with van der Waals surface area (Å²) in [6.45, 7) is 3.05. The summed E-state index contributed by atoms with van der Waals surface area (Å²) in [6, 6.07) is 4.21. The van der Waals surface area contributed by atoms with Crippen LogP contribution in [0.4, 0.5) is 0 Å². The molecule has 2 aliphatic rings. The summed E-state index contributed by atoms with van der Waals surface area (Å²) in [4.78, 5) is 17.1. The highest BCUT2D eigenvalue weighted by Crippen LogP contribution is 2.30. The lowest BCUT2D eigenvalue weighted by atomic mass is 10.2. The molecule has 1 fully saturated rings. The summed E-state index contributed by atoms with van der Waals surface area (Å²) in [5, 5.41) is 4.26. The third-order valence-electron chi connectivity index (χ3n) is 4.43. The number of rotatable bonds is 3. The number of carbonyl (C=O) groups excluding carboxylic acids is 1. The molecule has 2 aliphatic heterocycles. The van der Waals surface area contributed by atoms with E-state index in [0.717, 1.165) is 43.8 Å². The zero-order valence-corrected chi connectivity index (χ0v) is 13.2. The normalized spacial score (nSPS) is 21.1. The van der Waals surface area contributed by atoms with E-state index in [2.05, 4.69) is 5.10 Å². The van der Waals surface area contributed by atoms with E-state index in [-0.39, 0.29) is 11.9 Å². The number of hydrogen-bond acceptors (Lipinski definition) is 4. The van der Waals surface area contributed by atoms with Crippen LogP contribution in [0.15, 0.2) is 24.5 Å². The lowest BCUT2D eigenvalue weighted by molar-refractivity contribution is 0.0726. The van der Waals surface area contributed by atoms with Crippen molar-refractivity contribution in [3.8, 4) is 0 Å². The van der Waals surface area contributed by atoms with Crippen molar-refractivity contribution in [3.63, 3.8) is 0 Å². The summed E-state index contributed by atoms with van der Waals surface area (Å²) in [5.41, 5.74) is 1.20. The van der Waals surface area contributed by atoms with Crippen molar-refractivity contribution < 1.29 is 9.53 Å². The fraction of sp³-hybridized carbons (Fsp3) is 0.500. The Bertz CT molecular complexity index is 641. The first kappa shape index (κ1) is 14.0. The maximum atomic E-state index is 12.9. The second-order valence-electron chi connectivity index (χ2n) is 5.88. The van der Waals surface area contributed by atoms with Gasteiger partial charge in [0.25, 0.3) is 5.91 Å². The Kier molecular flexibility index (Phi) is 3.72. The van der Waals surface area contributed by atoms with Crippen molar-refractivity contribution in [2.24, 2.45) is 0 Å². The Morgan fingerprint density at radius 3 is 3.27 bits per heavy atom. The first-order chi connectivity index (χ1) is 10.8. The van der Waals surface area contributed by atoms with Gasteiger partial charge in [0, 0.05) is 30.2 Å². The zero-order valence-electron chi connectivity index (χ0n) is 12.4. The van der Waals surface area contributed by atoms with Crippen LogP contribution >= 0.6 is 11.3 Å². The maximum Gasteiger partial charge on any atom is 0.264 e. The number of fused-ring (bicyclic) bond motifs is 1.